The van der Waals surface area contributed by atoms with E-state index in [1.54, 1.807) is 11.0 Å². The van der Waals surface area contributed by atoms with Crippen molar-refractivity contribution in [1.82, 2.24) is 20.0 Å². The third-order valence-electron chi connectivity index (χ3n) is 5.56. The molecular weight excluding hydrogens is 292 g/mol. The molecule has 0 bridgehead atoms. The monoisotopic (exact) mass is 318 g/mol. The van der Waals surface area contributed by atoms with E-state index in [-0.39, 0.29) is 23.3 Å². The van der Waals surface area contributed by atoms with E-state index in [0.717, 1.165) is 37.9 Å². The number of rotatable bonds is 4. The van der Waals surface area contributed by atoms with Gasteiger partial charge in [0.1, 0.15) is 5.69 Å². The summed E-state index contributed by atoms with van der Waals surface area (Å²) in [4.78, 5) is 28.6. The van der Waals surface area contributed by atoms with Crippen LogP contribution in [0.2, 0.25) is 0 Å². The molecule has 1 aromatic rings. The number of H-pyrrole nitrogens is 1. The molecule has 1 N–H and O–H groups in total. The predicted octanol–water partition coefficient (Wildman–Crippen LogP) is 1.97. The van der Waals surface area contributed by atoms with Crippen molar-refractivity contribution in [2.75, 3.05) is 20.1 Å². The lowest BCUT2D eigenvalue weighted by molar-refractivity contribution is -0.141. The summed E-state index contributed by atoms with van der Waals surface area (Å²) in [6.45, 7) is 5.41. The molecule has 2 aliphatic rings. The number of likely N-dealkylation sites (tertiary alicyclic amines) is 1. The fourth-order valence-electron chi connectivity index (χ4n) is 4.50. The molecule has 1 aromatic heterocycles. The molecule has 1 saturated heterocycles. The minimum atomic E-state index is -0.0469. The molecule has 0 radical (unpaired) electrons. The van der Waals surface area contributed by atoms with Gasteiger partial charge >= 0.3 is 0 Å². The molecule has 0 unspecified atom stereocenters. The quantitative estimate of drug-likeness (QED) is 0.923. The molecule has 2 amide bonds. The van der Waals surface area contributed by atoms with E-state index in [0.29, 0.717) is 18.7 Å². The molecule has 1 aliphatic heterocycles. The van der Waals surface area contributed by atoms with Gasteiger partial charge in [-0.15, -0.1) is 0 Å². The number of fused-ring (bicyclic) bond motifs is 1. The average molecular weight is 318 g/mol. The SMILES string of the molecule is CCN1C(=O)CC[C@]2(CN(C)C(=O)c3cc(C)[nH]n3)CCC[C@@H]12. The Bertz CT molecular complexity index is 611. The lowest BCUT2D eigenvalue weighted by atomic mass is 9.74. The second-order valence-corrected chi connectivity index (χ2v) is 7.05. The molecule has 3 rings (SSSR count). The zero-order chi connectivity index (χ0) is 16.6. The summed E-state index contributed by atoms with van der Waals surface area (Å²) in [5, 5.41) is 6.90. The van der Waals surface area contributed by atoms with Gasteiger partial charge in [-0.25, -0.2) is 0 Å². The third kappa shape index (κ3) is 2.75. The summed E-state index contributed by atoms with van der Waals surface area (Å²) in [5.41, 5.74) is 1.41. The molecule has 6 nitrogen and oxygen atoms in total. The first-order valence-corrected chi connectivity index (χ1v) is 8.54. The van der Waals surface area contributed by atoms with E-state index >= 15 is 0 Å². The Labute approximate surface area is 137 Å². The molecule has 1 aliphatic carbocycles. The fourth-order valence-corrected chi connectivity index (χ4v) is 4.50. The number of carbonyl (C=O) groups is 2. The Balaban J connectivity index is 1.77. The van der Waals surface area contributed by atoms with E-state index in [9.17, 15) is 9.59 Å². The molecule has 0 spiro atoms. The van der Waals surface area contributed by atoms with Gasteiger partial charge < -0.3 is 9.80 Å². The van der Waals surface area contributed by atoms with Crippen LogP contribution in [0.1, 0.15) is 55.2 Å². The number of amides is 2. The first kappa shape index (κ1) is 16.0. The van der Waals surface area contributed by atoms with Gasteiger partial charge in [0, 0.05) is 43.7 Å². The summed E-state index contributed by atoms with van der Waals surface area (Å²) < 4.78 is 0. The van der Waals surface area contributed by atoms with Crippen molar-refractivity contribution >= 4 is 11.8 Å². The molecular formula is C17H26N4O2. The predicted molar refractivity (Wildman–Crippen MR) is 87.0 cm³/mol. The number of hydrogen-bond acceptors (Lipinski definition) is 3. The zero-order valence-electron chi connectivity index (χ0n) is 14.3. The third-order valence-corrected chi connectivity index (χ3v) is 5.56. The van der Waals surface area contributed by atoms with Crippen LogP contribution in [0.3, 0.4) is 0 Å². The molecule has 2 atom stereocenters. The standard InChI is InChI=1S/C17H26N4O2/c1-4-21-14-6-5-8-17(14,9-7-15(21)22)11-20(3)16(23)13-10-12(2)18-19-13/h10,14H,4-9,11H2,1-3H3,(H,18,19)/t14-,17+/m1/s1. The van der Waals surface area contributed by atoms with Crippen molar-refractivity contribution in [3.8, 4) is 0 Å². The fraction of sp³-hybridized carbons (Fsp3) is 0.706. The molecule has 126 valence electrons. The highest BCUT2D eigenvalue weighted by atomic mass is 16.2. The number of aromatic amines is 1. The first-order valence-electron chi connectivity index (χ1n) is 8.54. The lowest BCUT2D eigenvalue weighted by Crippen LogP contribution is -2.56. The highest BCUT2D eigenvalue weighted by Crippen LogP contribution is 2.48. The lowest BCUT2D eigenvalue weighted by Gasteiger charge is -2.47. The maximum absolute atomic E-state index is 12.6. The van der Waals surface area contributed by atoms with Crippen LogP contribution in [-0.4, -0.2) is 58.0 Å². The minimum Gasteiger partial charge on any atom is -0.340 e. The van der Waals surface area contributed by atoms with Crippen LogP contribution >= 0.6 is 0 Å². The van der Waals surface area contributed by atoms with Gasteiger partial charge in [0.05, 0.1) is 0 Å². The highest BCUT2D eigenvalue weighted by molar-refractivity contribution is 5.92. The molecule has 2 fully saturated rings. The van der Waals surface area contributed by atoms with Crippen LogP contribution in [0.15, 0.2) is 6.07 Å². The average Bonchev–Trinajstić information content (AvgIpc) is 3.13. The van der Waals surface area contributed by atoms with E-state index in [2.05, 4.69) is 10.2 Å². The van der Waals surface area contributed by atoms with Gasteiger partial charge in [-0.3, -0.25) is 14.7 Å². The van der Waals surface area contributed by atoms with Crippen molar-refractivity contribution in [3.63, 3.8) is 0 Å². The summed E-state index contributed by atoms with van der Waals surface area (Å²) in [7, 11) is 1.85. The zero-order valence-corrected chi connectivity index (χ0v) is 14.3. The van der Waals surface area contributed by atoms with Gasteiger partial charge in [-0.1, -0.05) is 6.42 Å². The summed E-state index contributed by atoms with van der Waals surface area (Å²) in [6.07, 6.45) is 4.79. The summed E-state index contributed by atoms with van der Waals surface area (Å²) >= 11 is 0. The van der Waals surface area contributed by atoms with Crippen molar-refractivity contribution in [2.24, 2.45) is 5.41 Å². The maximum atomic E-state index is 12.6. The van der Waals surface area contributed by atoms with Gasteiger partial charge in [0.2, 0.25) is 5.91 Å². The van der Waals surface area contributed by atoms with Crippen LogP contribution in [0, 0.1) is 12.3 Å². The van der Waals surface area contributed by atoms with Crippen molar-refractivity contribution in [3.05, 3.63) is 17.5 Å². The van der Waals surface area contributed by atoms with Gasteiger partial charge in [0.25, 0.3) is 5.91 Å². The van der Waals surface area contributed by atoms with Gasteiger partial charge in [0.15, 0.2) is 0 Å². The number of nitrogens with one attached hydrogen (secondary N) is 1. The maximum Gasteiger partial charge on any atom is 0.274 e. The van der Waals surface area contributed by atoms with Crippen LogP contribution in [0.4, 0.5) is 0 Å². The second kappa shape index (κ2) is 5.98. The number of hydrogen-bond donors (Lipinski definition) is 1. The minimum absolute atomic E-state index is 0.0469. The Kier molecular flexibility index (Phi) is 4.17. The van der Waals surface area contributed by atoms with Gasteiger partial charge in [-0.2, -0.15) is 5.10 Å². The Morgan fingerprint density at radius 3 is 2.96 bits per heavy atom. The molecule has 1 saturated carbocycles. The molecule has 23 heavy (non-hydrogen) atoms. The van der Waals surface area contributed by atoms with Crippen LogP contribution in [0.25, 0.3) is 0 Å². The van der Waals surface area contributed by atoms with E-state index < -0.39 is 0 Å². The largest absolute Gasteiger partial charge is 0.340 e. The molecule has 2 heterocycles. The van der Waals surface area contributed by atoms with E-state index in [4.69, 9.17) is 0 Å². The number of aryl methyl sites for hydroxylation is 1. The number of nitrogens with zero attached hydrogens (tertiary/aromatic N) is 3. The normalized spacial score (nSPS) is 27.2. The van der Waals surface area contributed by atoms with Crippen molar-refractivity contribution < 1.29 is 9.59 Å². The second-order valence-electron chi connectivity index (χ2n) is 7.05. The smallest absolute Gasteiger partial charge is 0.274 e. The van der Waals surface area contributed by atoms with E-state index in [1.165, 1.54) is 0 Å². The number of carbonyl (C=O) groups excluding carboxylic acids is 2. The summed E-state index contributed by atoms with van der Waals surface area (Å²) in [5.74, 6) is 0.223. The first-order chi connectivity index (χ1) is 11.0. The highest BCUT2D eigenvalue weighted by Gasteiger charge is 2.50. The van der Waals surface area contributed by atoms with Crippen molar-refractivity contribution in [2.45, 2.75) is 52.0 Å². The van der Waals surface area contributed by atoms with Crippen LogP contribution in [0.5, 0.6) is 0 Å². The van der Waals surface area contributed by atoms with Crippen LogP contribution < -0.4 is 0 Å². The molecule has 6 heteroatoms. The number of piperidine rings is 1. The summed E-state index contributed by atoms with van der Waals surface area (Å²) in [6, 6.07) is 2.07. The van der Waals surface area contributed by atoms with E-state index in [1.807, 2.05) is 25.8 Å². The van der Waals surface area contributed by atoms with Gasteiger partial charge in [-0.05, 0) is 39.2 Å². The molecule has 0 aromatic carbocycles. The number of aromatic nitrogens is 2. The Hall–Kier alpha value is -1.85. The topological polar surface area (TPSA) is 69.3 Å². The Morgan fingerprint density at radius 2 is 2.30 bits per heavy atom. The van der Waals surface area contributed by atoms with Crippen molar-refractivity contribution in [1.29, 1.82) is 0 Å². The Morgan fingerprint density at radius 1 is 1.52 bits per heavy atom. The van der Waals surface area contributed by atoms with Crippen LogP contribution in [-0.2, 0) is 4.79 Å².